The molecule has 0 amide bonds. The molecule has 0 saturated carbocycles. The highest BCUT2D eigenvalue weighted by atomic mass is 15.4. The molecule has 0 aromatic rings. The van der Waals surface area contributed by atoms with Crippen molar-refractivity contribution < 1.29 is 0 Å². The Labute approximate surface area is 260 Å². The summed E-state index contributed by atoms with van der Waals surface area (Å²) in [5.41, 5.74) is 0. The van der Waals surface area contributed by atoms with Crippen molar-refractivity contribution in [3.8, 4) is 0 Å². The van der Waals surface area contributed by atoms with E-state index in [0.717, 1.165) is 0 Å². The third-order valence-electron chi connectivity index (χ3n) is 9.57. The van der Waals surface area contributed by atoms with Gasteiger partial charge in [0.15, 0.2) is 0 Å². The maximum absolute atomic E-state index is 2.70. The third kappa shape index (κ3) is 23.5. The molecule has 0 radical (unpaired) electrons. The van der Waals surface area contributed by atoms with Crippen LogP contribution in [-0.4, -0.2) is 29.1 Å². The van der Waals surface area contributed by atoms with Crippen LogP contribution in [0.5, 0.6) is 0 Å². The summed E-state index contributed by atoms with van der Waals surface area (Å²) in [6.07, 6.45) is 50.0. The monoisotopic (exact) mass is 575 g/mol. The molecule has 0 fully saturated rings. The topological polar surface area (TPSA) is 6.48 Å². The normalized spacial score (nSPS) is 15.0. The lowest BCUT2D eigenvalue weighted by molar-refractivity contribution is 0.135. The van der Waals surface area contributed by atoms with Crippen LogP contribution in [-0.2, 0) is 0 Å². The summed E-state index contributed by atoms with van der Waals surface area (Å²) in [7, 11) is 0. The second-order valence-electron chi connectivity index (χ2n) is 13.6. The summed E-state index contributed by atoms with van der Waals surface area (Å²) in [6, 6.07) is 0. The summed E-state index contributed by atoms with van der Waals surface area (Å²) >= 11 is 0. The van der Waals surface area contributed by atoms with Gasteiger partial charge in [0.25, 0.3) is 0 Å². The summed E-state index contributed by atoms with van der Waals surface area (Å²) in [4.78, 5) is 5.38. The molecule has 0 spiro atoms. The summed E-state index contributed by atoms with van der Waals surface area (Å²) in [5.74, 6) is 0. The van der Waals surface area contributed by atoms with E-state index in [9.17, 15) is 0 Å². The largest absolute Gasteiger partial charge is 0.356 e. The van der Waals surface area contributed by atoms with Gasteiger partial charge in [0.05, 0.1) is 0 Å². The van der Waals surface area contributed by atoms with Gasteiger partial charge in [-0.2, -0.15) is 0 Å². The van der Waals surface area contributed by atoms with Crippen molar-refractivity contribution in [2.45, 2.75) is 226 Å². The van der Waals surface area contributed by atoms with Gasteiger partial charge >= 0.3 is 0 Å². The lowest BCUT2D eigenvalue weighted by atomic mass is 10.0. The molecule has 1 aliphatic heterocycles. The first-order valence-electron chi connectivity index (χ1n) is 19.5. The minimum absolute atomic E-state index is 0.641. The Morgan fingerprint density at radius 1 is 0.317 bits per heavy atom. The van der Waals surface area contributed by atoms with E-state index in [-0.39, 0.29) is 0 Å². The van der Waals surface area contributed by atoms with Gasteiger partial charge < -0.3 is 9.80 Å². The van der Waals surface area contributed by atoms with Gasteiger partial charge in [0, 0.05) is 25.5 Å². The van der Waals surface area contributed by atoms with Gasteiger partial charge in [0.2, 0.25) is 0 Å². The zero-order valence-corrected chi connectivity index (χ0v) is 29.0. The van der Waals surface area contributed by atoms with Crippen LogP contribution in [0.15, 0.2) is 12.4 Å². The van der Waals surface area contributed by atoms with Crippen LogP contribution < -0.4 is 0 Å². The zero-order valence-electron chi connectivity index (χ0n) is 29.0. The first-order valence-corrected chi connectivity index (χ1v) is 19.5. The molecule has 0 aromatic heterocycles. The molecule has 1 rings (SSSR count). The number of rotatable bonds is 33. The van der Waals surface area contributed by atoms with E-state index in [0.29, 0.717) is 6.17 Å². The van der Waals surface area contributed by atoms with Crippen molar-refractivity contribution in [1.29, 1.82) is 0 Å². The maximum atomic E-state index is 2.70. The van der Waals surface area contributed by atoms with Gasteiger partial charge in [-0.25, -0.2) is 0 Å². The Morgan fingerprint density at radius 2 is 0.561 bits per heavy atom. The summed E-state index contributed by atoms with van der Waals surface area (Å²) < 4.78 is 0. The van der Waals surface area contributed by atoms with Gasteiger partial charge in [-0.05, 0) is 25.7 Å². The number of nitrogens with zero attached hydrogens (tertiary/aromatic N) is 2. The second-order valence-corrected chi connectivity index (χ2v) is 13.6. The van der Waals surface area contributed by atoms with E-state index in [2.05, 4.69) is 43.0 Å². The molecule has 1 atom stereocenters. The Balaban J connectivity index is 2.05. The van der Waals surface area contributed by atoms with E-state index in [1.54, 1.807) is 0 Å². The lowest BCUT2D eigenvalue weighted by Gasteiger charge is -2.33. The number of unbranched alkanes of at least 4 members (excludes halogenated alkanes) is 27. The molecule has 1 heterocycles. The van der Waals surface area contributed by atoms with Gasteiger partial charge in [0.1, 0.15) is 6.17 Å². The number of hydrogen-bond acceptors (Lipinski definition) is 2. The van der Waals surface area contributed by atoms with Crippen LogP contribution in [0.2, 0.25) is 0 Å². The molecule has 1 aliphatic rings. The standard InChI is InChI=1S/C39H78N2/c1-4-7-10-12-14-16-18-19-20-21-22-23-24-25-27-29-31-34-39-40(35-32-9-6-3)37-38-41(39)36-33-30-28-26-17-15-13-11-8-5-2/h37-39H,4-36H2,1-3H3. The van der Waals surface area contributed by atoms with Crippen LogP contribution in [0.4, 0.5) is 0 Å². The fourth-order valence-corrected chi connectivity index (χ4v) is 6.72. The fourth-order valence-electron chi connectivity index (χ4n) is 6.72. The molecule has 1 unspecified atom stereocenters. The van der Waals surface area contributed by atoms with Crippen LogP contribution in [0, 0.1) is 0 Å². The van der Waals surface area contributed by atoms with E-state index in [1.807, 2.05) is 0 Å². The average molecular weight is 575 g/mol. The molecule has 0 aliphatic carbocycles. The second kappa shape index (κ2) is 30.8. The van der Waals surface area contributed by atoms with Gasteiger partial charge in [-0.15, -0.1) is 0 Å². The Kier molecular flexibility index (Phi) is 28.8. The SMILES string of the molecule is CCCCCCCCCCCCCCCCCCCC1N(CCCCC)C=CN1CCCCCCCCCCCC. The zero-order chi connectivity index (χ0) is 29.5. The average Bonchev–Trinajstić information content (AvgIpc) is 3.36. The molecule has 0 N–H and O–H groups in total. The Bertz CT molecular complexity index is 530. The molecule has 2 nitrogen and oxygen atoms in total. The molecule has 0 bridgehead atoms. The van der Waals surface area contributed by atoms with E-state index >= 15 is 0 Å². The molecule has 0 aromatic carbocycles. The van der Waals surface area contributed by atoms with Crippen LogP contribution in [0.1, 0.15) is 220 Å². The maximum Gasteiger partial charge on any atom is 0.101 e. The van der Waals surface area contributed by atoms with Gasteiger partial charge in [-0.3, -0.25) is 0 Å². The number of hydrogen-bond donors (Lipinski definition) is 0. The van der Waals surface area contributed by atoms with Crippen molar-refractivity contribution in [3.63, 3.8) is 0 Å². The minimum Gasteiger partial charge on any atom is -0.356 e. The minimum atomic E-state index is 0.641. The fraction of sp³-hybridized carbons (Fsp3) is 0.949. The van der Waals surface area contributed by atoms with Crippen molar-refractivity contribution in [1.82, 2.24) is 9.80 Å². The quantitative estimate of drug-likeness (QED) is 0.0719. The van der Waals surface area contributed by atoms with E-state index in [4.69, 9.17) is 0 Å². The van der Waals surface area contributed by atoms with Crippen molar-refractivity contribution in [3.05, 3.63) is 12.4 Å². The highest BCUT2D eigenvalue weighted by Gasteiger charge is 2.24. The van der Waals surface area contributed by atoms with Gasteiger partial charge in [-0.1, -0.05) is 194 Å². The predicted molar refractivity (Wildman–Crippen MR) is 186 cm³/mol. The molecule has 0 saturated heterocycles. The smallest absolute Gasteiger partial charge is 0.101 e. The Morgan fingerprint density at radius 3 is 0.902 bits per heavy atom. The van der Waals surface area contributed by atoms with Crippen LogP contribution in [0.3, 0.4) is 0 Å². The Hall–Kier alpha value is -0.660. The molecular weight excluding hydrogens is 496 g/mol. The summed E-state index contributed by atoms with van der Waals surface area (Å²) in [5, 5.41) is 0. The first kappa shape index (κ1) is 38.4. The molecule has 41 heavy (non-hydrogen) atoms. The molecule has 244 valence electrons. The highest BCUT2D eigenvalue weighted by Crippen LogP contribution is 2.24. The van der Waals surface area contributed by atoms with Crippen LogP contribution in [0.25, 0.3) is 0 Å². The molecule has 2 heteroatoms. The van der Waals surface area contributed by atoms with E-state index in [1.165, 1.54) is 212 Å². The van der Waals surface area contributed by atoms with E-state index < -0.39 is 0 Å². The lowest BCUT2D eigenvalue weighted by Crippen LogP contribution is -2.39. The third-order valence-corrected chi connectivity index (χ3v) is 9.57. The summed E-state index contributed by atoms with van der Waals surface area (Å²) in [6.45, 7) is 9.46. The van der Waals surface area contributed by atoms with Crippen molar-refractivity contribution in [2.75, 3.05) is 13.1 Å². The van der Waals surface area contributed by atoms with Crippen molar-refractivity contribution >= 4 is 0 Å². The highest BCUT2D eigenvalue weighted by molar-refractivity contribution is 4.97. The molecular formula is C39H78N2. The van der Waals surface area contributed by atoms with Crippen molar-refractivity contribution in [2.24, 2.45) is 0 Å². The predicted octanol–water partition coefficient (Wildman–Crippen LogP) is 13.6. The first-order chi connectivity index (χ1) is 20.3. The van der Waals surface area contributed by atoms with Crippen LogP contribution >= 0.6 is 0 Å².